The molecule has 0 spiro atoms. The molecule has 0 aliphatic heterocycles. The molecular weight excluding hydrogens is 280 g/mol. The second kappa shape index (κ2) is 4.79. The fourth-order valence-corrected chi connectivity index (χ4v) is 3.18. The van der Waals surface area contributed by atoms with Crippen molar-refractivity contribution in [2.45, 2.75) is 6.92 Å². The van der Waals surface area contributed by atoms with Gasteiger partial charge in [-0.3, -0.25) is 4.57 Å². The van der Waals surface area contributed by atoms with Gasteiger partial charge in [0.15, 0.2) is 11.5 Å². The first kappa shape index (κ1) is 12.2. The zero-order chi connectivity index (χ0) is 14.2. The van der Waals surface area contributed by atoms with Crippen molar-refractivity contribution in [1.29, 1.82) is 0 Å². The van der Waals surface area contributed by atoms with Crippen LogP contribution in [0, 0.1) is 6.92 Å². The number of rotatable bonds is 2. The molecule has 4 aromatic heterocycles. The van der Waals surface area contributed by atoms with Gasteiger partial charge < -0.3 is 0 Å². The second-order valence-electron chi connectivity index (χ2n) is 4.72. The van der Waals surface area contributed by atoms with E-state index < -0.39 is 0 Å². The minimum Gasteiger partial charge on any atom is -0.259 e. The van der Waals surface area contributed by atoms with Crippen LogP contribution in [0.2, 0.25) is 0 Å². The fraction of sp³-hybridized carbons (Fsp3) is 0.0625. The molecule has 0 saturated heterocycles. The molecule has 4 heterocycles. The Morgan fingerprint density at radius 2 is 1.86 bits per heavy atom. The van der Waals surface area contributed by atoms with E-state index in [1.165, 1.54) is 4.88 Å². The van der Waals surface area contributed by atoms with Gasteiger partial charge in [-0.15, -0.1) is 11.3 Å². The van der Waals surface area contributed by atoms with Crippen molar-refractivity contribution >= 4 is 22.5 Å². The third kappa shape index (κ3) is 2.02. The third-order valence-electron chi connectivity index (χ3n) is 3.26. The van der Waals surface area contributed by atoms with Crippen molar-refractivity contribution in [3.63, 3.8) is 0 Å². The Balaban J connectivity index is 2.06. The highest BCUT2D eigenvalue weighted by molar-refractivity contribution is 7.15. The molecule has 0 fully saturated rings. The lowest BCUT2D eigenvalue weighted by Crippen LogP contribution is -1.99. The third-order valence-corrected chi connectivity index (χ3v) is 4.25. The molecule has 0 N–H and O–H groups in total. The van der Waals surface area contributed by atoms with E-state index in [2.05, 4.69) is 29.0 Å². The first-order valence-electron chi connectivity index (χ1n) is 6.64. The van der Waals surface area contributed by atoms with Gasteiger partial charge in [0.1, 0.15) is 11.3 Å². The van der Waals surface area contributed by atoms with Gasteiger partial charge in [-0.05, 0) is 43.3 Å². The zero-order valence-corrected chi connectivity index (χ0v) is 12.2. The van der Waals surface area contributed by atoms with Crippen LogP contribution >= 0.6 is 11.3 Å². The van der Waals surface area contributed by atoms with Crippen LogP contribution < -0.4 is 0 Å². The summed E-state index contributed by atoms with van der Waals surface area (Å²) in [4.78, 5) is 16.1. The lowest BCUT2D eigenvalue weighted by atomic mass is 10.4. The molecule has 0 unspecified atom stereocenters. The Hall–Kier alpha value is -2.53. The number of aryl methyl sites for hydroxylation is 1. The molecule has 21 heavy (non-hydrogen) atoms. The second-order valence-corrected chi connectivity index (χ2v) is 6.00. The molecule has 0 aliphatic carbocycles. The monoisotopic (exact) mass is 292 g/mol. The minimum absolute atomic E-state index is 0.831. The van der Waals surface area contributed by atoms with Gasteiger partial charge in [0.05, 0.1) is 4.88 Å². The van der Waals surface area contributed by atoms with Crippen LogP contribution in [0.1, 0.15) is 4.88 Å². The summed E-state index contributed by atoms with van der Waals surface area (Å²) in [6, 6.07) is 13.9. The van der Waals surface area contributed by atoms with E-state index in [1.807, 2.05) is 34.9 Å². The predicted molar refractivity (Wildman–Crippen MR) is 84.7 cm³/mol. The average Bonchev–Trinajstić information content (AvgIpc) is 3.11. The molecule has 0 bridgehead atoms. The highest BCUT2D eigenvalue weighted by Crippen LogP contribution is 2.31. The highest BCUT2D eigenvalue weighted by Gasteiger charge is 2.16. The van der Waals surface area contributed by atoms with E-state index in [-0.39, 0.29) is 0 Å². The van der Waals surface area contributed by atoms with Gasteiger partial charge >= 0.3 is 0 Å². The van der Waals surface area contributed by atoms with Crippen LogP contribution in [-0.2, 0) is 0 Å². The molecule has 0 amide bonds. The average molecular weight is 292 g/mol. The molecule has 0 radical (unpaired) electrons. The molecule has 0 atom stereocenters. The van der Waals surface area contributed by atoms with Crippen molar-refractivity contribution < 1.29 is 0 Å². The van der Waals surface area contributed by atoms with Crippen molar-refractivity contribution in [2.75, 3.05) is 0 Å². The van der Waals surface area contributed by atoms with Gasteiger partial charge in [0.2, 0.25) is 0 Å². The smallest absolute Gasteiger partial charge is 0.166 e. The summed E-state index contributed by atoms with van der Waals surface area (Å²) < 4.78 is 2.01. The van der Waals surface area contributed by atoms with Crippen LogP contribution in [0.3, 0.4) is 0 Å². The number of hydrogen-bond acceptors (Lipinski definition) is 4. The van der Waals surface area contributed by atoms with E-state index in [1.54, 1.807) is 23.7 Å². The Morgan fingerprint density at radius 3 is 2.62 bits per heavy atom. The number of pyridine rings is 2. The number of aromatic nitrogens is 4. The maximum absolute atomic E-state index is 4.74. The van der Waals surface area contributed by atoms with Crippen molar-refractivity contribution in [1.82, 2.24) is 19.5 Å². The molecule has 4 nitrogen and oxygen atoms in total. The maximum atomic E-state index is 4.74. The number of imidazole rings is 1. The van der Waals surface area contributed by atoms with Crippen LogP contribution in [0.5, 0.6) is 0 Å². The summed E-state index contributed by atoms with van der Waals surface area (Å²) in [5, 5.41) is 0. The molecule has 4 aromatic rings. The molecule has 0 aromatic carbocycles. The van der Waals surface area contributed by atoms with Crippen molar-refractivity contribution in [3.05, 3.63) is 59.7 Å². The van der Waals surface area contributed by atoms with Crippen molar-refractivity contribution in [2.24, 2.45) is 0 Å². The lowest BCUT2D eigenvalue weighted by Gasteiger charge is -2.05. The highest BCUT2D eigenvalue weighted by atomic mass is 32.1. The lowest BCUT2D eigenvalue weighted by molar-refractivity contribution is 1.02. The van der Waals surface area contributed by atoms with Gasteiger partial charge in [-0.2, -0.15) is 0 Å². The maximum Gasteiger partial charge on any atom is 0.166 e. The molecular formula is C16H12N4S. The predicted octanol–water partition coefficient (Wildman–Crippen LogP) is 3.85. The summed E-state index contributed by atoms with van der Waals surface area (Å²) >= 11 is 1.73. The van der Waals surface area contributed by atoms with E-state index >= 15 is 0 Å². The Labute approximate surface area is 125 Å². The topological polar surface area (TPSA) is 43.6 Å². The van der Waals surface area contributed by atoms with Crippen LogP contribution in [0.4, 0.5) is 0 Å². The number of hydrogen-bond donors (Lipinski definition) is 0. The van der Waals surface area contributed by atoms with E-state index in [0.29, 0.717) is 0 Å². The summed E-state index contributed by atoms with van der Waals surface area (Å²) in [5.74, 6) is 1.72. The largest absolute Gasteiger partial charge is 0.259 e. The van der Waals surface area contributed by atoms with Gasteiger partial charge in [0.25, 0.3) is 0 Å². The molecule has 102 valence electrons. The molecule has 4 rings (SSSR count). The summed E-state index contributed by atoms with van der Waals surface area (Å²) in [6.07, 6.45) is 3.57. The number of fused-ring (bicyclic) bond motifs is 1. The summed E-state index contributed by atoms with van der Waals surface area (Å²) in [5.41, 5.74) is 1.71. The molecule has 5 heteroatoms. The summed E-state index contributed by atoms with van der Waals surface area (Å²) in [6.45, 7) is 2.10. The first-order chi connectivity index (χ1) is 10.3. The molecule has 0 saturated carbocycles. The summed E-state index contributed by atoms with van der Waals surface area (Å²) in [7, 11) is 0. The quantitative estimate of drug-likeness (QED) is 0.563. The van der Waals surface area contributed by atoms with Crippen LogP contribution in [0.15, 0.2) is 54.9 Å². The van der Waals surface area contributed by atoms with E-state index in [9.17, 15) is 0 Å². The standard InChI is InChI=1S/C16H12N4S/c1-11-7-8-13(21-11)16-19-12-5-4-10-18-15(12)20(16)14-6-2-3-9-17-14/h2-10H,1H3. The number of thiophene rings is 1. The van der Waals surface area contributed by atoms with E-state index in [4.69, 9.17) is 4.98 Å². The first-order valence-corrected chi connectivity index (χ1v) is 7.46. The van der Waals surface area contributed by atoms with Crippen LogP contribution in [0.25, 0.3) is 27.7 Å². The van der Waals surface area contributed by atoms with Gasteiger partial charge in [-0.1, -0.05) is 6.07 Å². The SMILES string of the molecule is Cc1ccc(-c2nc3cccnc3n2-c2ccccn2)s1. The van der Waals surface area contributed by atoms with E-state index in [0.717, 1.165) is 27.7 Å². The Morgan fingerprint density at radius 1 is 0.952 bits per heavy atom. The minimum atomic E-state index is 0.831. The van der Waals surface area contributed by atoms with Gasteiger partial charge in [-0.25, -0.2) is 15.0 Å². The molecule has 0 aliphatic rings. The Kier molecular flexibility index (Phi) is 2.79. The normalized spacial score (nSPS) is 11.1. The van der Waals surface area contributed by atoms with Crippen LogP contribution in [-0.4, -0.2) is 19.5 Å². The zero-order valence-electron chi connectivity index (χ0n) is 11.4. The van der Waals surface area contributed by atoms with Crippen molar-refractivity contribution in [3.8, 4) is 16.5 Å². The Bertz CT molecular complexity index is 908. The van der Waals surface area contributed by atoms with Gasteiger partial charge in [0, 0.05) is 17.3 Å². The fourth-order valence-electron chi connectivity index (χ4n) is 2.34. The number of nitrogens with zero attached hydrogens (tertiary/aromatic N) is 4.